The fourth-order valence-corrected chi connectivity index (χ4v) is 4.79. The molecule has 1 saturated carbocycles. The van der Waals surface area contributed by atoms with E-state index in [9.17, 15) is 9.18 Å². The number of rotatable bonds is 4. The molecule has 2 aromatic heterocycles. The summed E-state index contributed by atoms with van der Waals surface area (Å²) in [5.41, 5.74) is 2.57. The first-order valence-electron chi connectivity index (χ1n) is 11.5. The predicted octanol–water partition coefficient (Wildman–Crippen LogP) is 3.57. The molecule has 0 unspecified atom stereocenters. The van der Waals surface area contributed by atoms with Gasteiger partial charge in [0, 0.05) is 37.0 Å². The number of anilines is 1. The molecule has 2 aliphatic rings. The van der Waals surface area contributed by atoms with Gasteiger partial charge in [0.2, 0.25) is 11.9 Å². The zero-order valence-corrected chi connectivity index (χ0v) is 18.5. The second kappa shape index (κ2) is 7.79. The monoisotopic (exact) mass is 444 g/mol. The topological polar surface area (TPSA) is 66.6 Å². The van der Waals surface area contributed by atoms with Crippen LogP contribution in [0, 0.1) is 5.82 Å². The van der Waals surface area contributed by atoms with Gasteiger partial charge in [-0.05, 0) is 49.6 Å². The van der Waals surface area contributed by atoms with Gasteiger partial charge in [-0.3, -0.25) is 4.79 Å². The molecule has 0 radical (unpaired) electrons. The minimum atomic E-state index is -0.290. The summed E-state index contributed by atoms with van der Waals surface area (Å²) in [6.45, 7) is 4.04. The van der Waals surface area contributed by atoms with E-state index in [2.05, 4.69) is 26.4 Å². The molecule has 2 fully saturated rings. The van der Waals surface area contributed by atoms with Gasteiger partial charge in [0.05, 0.1) is 11.9 Å². The molecule has 0 spiro atoms. The Bertz CT molecular complexity index is 1350. The number of nitrogens with zero attached hydrogens (tertiary/aromatic N) is 6. The number of carbonyl (C=O) groups is 1. The molecule has 1 atom stereocenters. The van der Waals surface area contributed by atoms with E-state index in [1.165, 1.54) is 12.1 Å². The summed E-state index contributed by atoms with van der Waals surface area (Å²) < 4.78 is 15.3. The first kappa shape index (κ1) is 20.1. The van der Waals surface area contributed by atoms with Gasteiger partial charge in [-0.1, -0.05) is 24.3 Å². The highest BCUT2D eigenvalue weighted by atomic mass is 19.1. The number of fused-ring (bicyclic) bond motifs is 3. The van der Waals surface area contributed by atoms with Crippen LogP contribution < -0.4 is 4.90 Å². The fraction of sp³-hybridized carbons (Fsp3) is 0.360. The highest BCUT2D eigenvalue weighted by Crippen LogP contribution is 2.40. The molecular formula is C25H25FN6O. The molecule has 7 nitrogen and oxygen atoms in total. The van der Waals surface area contributed by atoms with Crippen LogP contribution in [0.5, 0.6) is 0 Å². The molecule has 1 amide bonds. The Hall–Kier alpha value is -3.55. The van der Waals surface area contributed by atoms with Gasteiger partial charge in [-0.25, -0.2) is 13.8 Å². The van der Waals surface area contributed by atoms with Crippen molar-refractivity contribution in [2.75, 3.05) is 24.5 Å². The SMILES string of the molecule is C[C@@H]1CN(c2nc3ccccc3c3nnc(C4CC4)n23)CCN1C(=O)Cc1ccc(F)cc1. The van der Waals surface area contributed by atoms with Crippen molar-refractivity contribution < 1.29 is 9.18 Å². The molecule has 1 aliphatic heterocycles. The summed E-state index contributed by atoms with van der Waals surface area (Å²) >= 11 is 0. The van der Waals surface area contributed by atoms with E-state index >= 15 is 0 Å². The van der Waals surface area contributed by atoms with Crippen LogP contribution in [-0.2, 0) is 11.2 Å². The number of hydrogen-bond donors (Lipinski definition) is 0. The van der Waals surface area contributed by atoms with Gasteiger partial charge in [0.15, 0.2) is 5.65 Å². The van der Waals surface area contributed by atoms with Crippen LogP contribution in [0.25, 0.3) is 16.6 Å². The third kappa shape index (κ3) is 3.59. The second-order valence-corrected chi connectivity index (χ2v) is 9.11. The molecule has 33 heavy (non-hydrogen) atoms. The van der Waals surface area contributed by atoms with E-state index in [1.54, 1.807) is 12.1 Å². The molecule has 0 N–H and O–H groups in total. The maximum atomic E-state index is 13.2. The van der Waals surface area contributed by atoms with Crippen LogP contribution in [0.2, 0.25) is 0 Å². The van der Waals surface area contributed by atoms with E-state index in [-0.39, 0.29) is 24.2 Å². The molecule has 8 heteroatoms. The minimum Gasteiger partial charge on any atom is -0.338 e. The van der Waals surface area contributed by atoms with Crippen LogP contribution in [0.15, 0.2) is 48.5 Å². The van der Waals surface area contributed by atoms with Crippen LogP contribution in [0.3, 0.4) is 0 Å². The van der Waals surface area contributed by atoms with Crippen molar-refractivity contribution in [3.8, 4) is 0 Å². The van der Waals surface area contributed by atoms with Crippen LogP contribution in [-0.4, -0.2) is 56.1 Å². The average molecular weight is 445 g/mol. The molecule has 1 saturated heterocycles. The van der Waals surface area contributed by atoms with Crippen LogP contribution in [0.4, 0.5) is 10.3 Å². The van der Waals surface area contributed by atoms with Crippen molar-refractivity contribution in [3.63, 3.8) is 0 Å². The number of amides is 1. The van der Waals surface area contributed by atoms with Gasteiger partial charge in [0.25, 0.3) is 0 Å². The van der Waals surface area contributed by atoms with Gasteiger partial charge < -0.3 is 9.80 Å². The molecule has 3 heterocycles. The average Bonchev–Trinajstić information content (AvgIpc) is 3.57. The third-order valence-corrected chi connectivity index (χ3v) is 6.70. The van der Waals surface area contributed by atoms with E-state index in [1.807, 2.05) is 29.2 Å². The van der Waals surface area contributed by atoms with Crippen molar-refractivity contribution in [1.82, 2.24) is 24.5 Å². The summed E-state index contributed by atoms with van der Waals surface area (Å²) in [7, 11) is 0. The smallest absolute Gasteiger partial charge is 0.227 e. The Morgan fingerprint density at radius 3 is 2.61 bits per heavy atom. The molecular weight excluding hydrogens is 419 g/mol. The summed E-state index contributed by atoms with van der Waals surface area (Å²) in [6, 6.07) is 14.2. The number of piperazine rings is 1. The highest BCUT2D eigenvalue weighted by molar-refractivity contribution is 5.92. The molecule has 0 bridgehead atoms. The lowest BCUT2D eigenvalue weighted by Crippen LogP contribution is -2.55. The van der Waals surface area contributed by atoms with Gasteiger partial charge in [-0.15, -0.1) is 10.2 Å². The summed E-state index contributed by atoms with van der Waals surface area (Å²) in [6.07, 6.45) is 2.55. The Morgan fingerprint density at radius 2 is 1.85 bits per heavy atom. The molecule has 1 aliphatic carbocycles. The number of para-hydroxylation sites is 1. The lowest BCUT2D eigenvalue weighted by molar-refractivity contribution is -0.132. The van der Waals surface area contributed by atoms with Crippen molar-refractivity contribution in [3.05, 3.63) is 65.7 Å². The summed E-state index contributed by atoms with van der Waals surface area (Å²) in [5, 5.41) is 10.1. The molecule has 2 aromatic carbocycles. The van der Waals surface area contributed by atoms with Gasteiger partial charge in [0.1, 0.15) is 11.6 Å². The Kier molecular flexibility index (Phi) is 4.74. The zero-order valence-electron chi connectivity index (χ0n) is 18.5. The van der Waals surface area contributed by atoms with E-state index in [0.717, 1.165) is 46.7 Å². The number of benzene rings is 2. The lowest BCUT2D eigenvalue weighted by atomic mass is 10.1. The molecule has 6 rings (SSSR count). The number of hydrogen-bond acceptors (Lipinski definition) is 5. The first-order valence-corrected chi connectivity index (χ1v) is 11.5. The van der Waals surface area contributed by atoms with E-state index < -0.39 is 0 Å². The van der Waals surface area contributed by atoms with E-state index in [4.69, 9.17) is 4.98 Å². The largest absolute Gasteiger partial charge is 0.338 e. The maximum absolute atomic E-state index is 13.2. The predicted molar refractivity (Wildman–Crippen MR) is 124 cm³/mol. The highest BCUT2D eigenvalue weighted by Gasteiger charge is 2.33. The Labute approximate surface area is 190 Å². The van der Waals surface area contributed by atoms with Crippen LogP contribution >= 0.6 is 0 Å². The Morgan fingerprint density at radius 1 is 1.06 bits per heavy atom. The van der Waals surface area contributed by atoms with E-state index in [0.29, 0.717) is 25.6 Å². The van der Waals surface area contributed by atoms with Gasteiger partial charge >= 0.3 is 0 Å². The fourth-order valence-electron chi connectivity index (χ4n) is 4.79. The van der Waals surface area contributed by atoms with Crippen molar-refractivity contribution in [2.24, 2.45) is 0 Å². The number of carbonyl (C=O) groups excluding carboxylic acids is 1. The zero-order chi connectivity index (χ0) is 22.5. The first-order chi connectivity index (χ1) is 16.1. The summed E-state index contributed by atoms with van der Waals surface area (Å²) in [5.74, 6) is 2.06. The second-order valence-electron chi connectivity index (χ2n) is 9.11. The number of halogens is 1. The summed E-state index contributed by atoms with van der Waals surface area (Å²) in [4.78, 5) is 22.2. The van der Waals surface area contributed by atoms with Crippen molar-refractivity contribution in [2.45, 2.75) is 38.1 Å². The number of aromatic nitrogens is 4. The third-order valence-electron chi connectivity index (χ3n) is 6.70. The minimum absolute atomic E-state index is 0.0240. The quantitative estimate of drug-likeness (QED) is 0.481. The van der Waals surface area contributed by atoms with Crippen LogP contribution in [0.1, 0.15) is 37.1 Å². The van der Waals surface area contributed by atoms with Crippen molar-refractivity contribution >= 4 is 28.4 Å². The maximum Gasteiger partial charge on any atom is 0.227 e. The standard InChI is InChI=1S/C25H25FN6O/c1-16-15-30(12-13-31(16)22(33)14-17-6-10-19(26)11-7-17)25-27-21-5-3-2-4-20(21)24-29-28-23(32(24)25)18-8-9-18/h2-7,10-11,16,18H,8-9,12-15H2,1H3/t16-/m1/s1. The Balaban J connectivity index is 1.29. The molecule has 4 aromatic rings. The van der Waals surface area contributed by atoms with Gasteiger partial charge in [-0.2, -0.15) is 0 Å². The lowest BCUT2D eigenvalue weighted by Gasteiger charge is -2.40. The normalized spacial score (nSPS) is 18.9. The molecule has 168 valence electrons. The van der Waals surface area contributed by atoms with Crippen molar-refractivity contribution in [1.29, 1.82) is 0 Å².